The largest absolute Gasteiger partial charge is 0.351 e. The Kier molecular flexibility index (Phi) is 8.80. The Bertz CT molecular complexity index is 1650. The first-order valence-corrected chi connectivity index (χ1v) is 17.3. The van der Waals surface area contributed by atoms with Gasteiger partial charge in [-0.1, -0.05) is 31.4 Å². The maximum absolute atomic E-state index is 15.4. The highest BCUT2D eigenvalue weighted by Crippen LogP contribution is 2.46. The van der Waals surface area contributed by atoms with Crippen molar-refractivity contribution in [3.05, 3.63) is 77.1 Å². The van der Waals surface area contributed by atoms with Gasteiger partial charge in [0.1, 0.15) is 11.6 Å². The molecule has 12 heteroatoms. The molecule has 0 saturated heterocycles. The van der Waals surface area contributed by atoms with Crippen LogP contribution in [-0.2, 0) is 32.5 Å². The number of rotatable bonds is 8. The van der Waals surface area contributed by atoms with Crippen molar-refractivity contribution in [2.45, 2.75) is 87.6 Å². The number of sulfonamides is 1. The minimum Gasteiger partial charge on any atom is -0.351 e. The number of aromatic nitrogens is 2. The average Bonchev–Trinajstić information content (AvgIpc) is 3.02. The van der Waals surface area contributed by atoms with Crippen molar-refractivity contribution in [2.75, 3.05) is 29.0 Å². The molecule has 0 bridgehead atoms. The molecular formula is C33H40F2N6O3S. The van der Waals surface area contributed by atoms with E-state index in [2.05, 4.69) is 34.0 Å². The van der Waals surface area contributed by atoms with Gasteiger partial charge in [0.15, 0.2) is 0 Å². The van der Waals surface area contributed by atoms with E-state index >= 15 is 4.39 Å². The molecule has 6 rings (SSSR count). The first-order chi connectivity index (χ1) is 21.5. The van der Waals surface area contributed by atoms with E-state index < -0.39 is 32.8 Å². The van der Waals surface area contributed by atoms with Gasteiger partial charge in [-0.3, -0.25) is 9.52 Å². The lowest BCUT2D eigenvalue weighted by atomic mass is 9.68. The molecule has 1 aromatic heterocycles. The number of fused-ring (bicyclic) bond motifs is 2. The molecule has 2 saturated carbocycles. The van der Waals surface area contributed by atoms with Gasteiger partial charge in [0.25, 0.3) is 0 Å². The van der Waals surface area contributed by atoms with Crippen LogP contribution in [0.4, 0.5) is 26.1 Å². The van der Waals surface area contributed by atoms with Crippen molar-refractivity contribution < 1.29 is 22.0 Å². The lowest BCUT2D eigenvalue weighted by molar-refractivity contribution is -0.126. The van der Waals surface area contributed by atoms with Crippen molar-refractivity contribution in [1.29, 1.82) is 0 Å². The van der Waals surface area contributed by atoms with Crippen LogP contribution in [0.25, 0.3) is 0 Å². The quantitative estimate of drug-likeness (QED) is 0.325. The highest BCUT2D eigenvalue weighted by molar-refractivity contribution is 7.91. The topological polar surface area (TPSA) is 108 Å². The Morgan fingerprint density at radius 2 is 1.71 bits per heavy atom. The molecule has 3 aliphatic rings. The van der Waals surface area contributed by atoms with E-state index in [1.165, 1.54) is 36.4 Å². The zero-order valence-electron chi connectivity index (χ0n) is 25.7. The van der Waals surface area contributed by atoms with Crippen LogP contribution >= 0.6 is 0 Å². The summed E-state index contributed by atoms with van der Waals surface area (Å²) in [5.41, 5.74) is 1.27. The monoisotopic (exact) mass is 638 g/mol. The molecule has 2 aromatic carbocycles. The third-order valence-electron chi connectivity index (χ3n) is 9.57. The summed E-state index contributed by atoms with van der Waals surface area (Å²) >= 11 is 0. The number of amides is 1. The number of nitrogens with one attached hydrogen (secondary N) is 2. The number of halogens is 2. The second-order valence-corrected chi connectivity index (χ2v) is 14.6. The molecule has 2 N–H and O–H groups in total. The van der Waals surface area contributed by atoms with Crippen molar-refractivity contribution in [3.8, 4) is 0 Å². The molecule has 3 aromatic rings. The van der Waals surface area contributed by atoms with Crippen molar-refractivity contribution in [3.63, 3.8) is 0 Å². The summed E-state index contributed by atoms with van der Waals surface area (Å²) in [6, 6.07) is 10.0. The molecule has 0 atom stereocenters. The summed E-state index contributed by atoms with van der Waals surface area (Å²) in [5, 5.41) is 3.53. The van der Waals surface area contributed by atoms with E-state index in [0.717, 1.165) is 56.2 Å². The van der Waals surface area contributed by atoms with Gasteiger partial charge >= 0.3 is 0 Å². The van der Waals surface area contributed by atoms with Crippen LogP contribution in [0.5, 0.6) is 0 Å². The van der Waals surface area contributed by atoms with Gasteiger partial charge in [-0.15, -0.1) is 0 Å². The van der Waals surface area contributed by atoms with E-state index in [9.17, 15) is 17.6 Å². The minimum absolute atomic E-state index is 0.116. The molecule has 240 valence electrons. The summed E-state index contributed by atoms with van der Waals surface area (Å²) < 4.78 is 56.3. The first kappa shape index (κ1) is 31.3. The standard InChI is InChI=1S/C33H40F2N6O3S/c1-40(2)26-12-10-25(11-13-26)37-32-36-19-23-20-41(31(42)33(30(23)38-32)16-4-3-5-17-33)27-14-15-29(28(35)18-27)39-45(43,44)21-22-6-8-24(34)9-7-22/h6-9,14-15,18-19,25-26,39H,3-5,10-13,16-17,20-21H2,1-2H3,(H,36,37,38). The van der Waals surface area contributed by atoms with E-state index in [1.54, 1.807) is 17.2 Å². The lowest BCUT2D eigenvalue weighted by Gasteiger charge is -2.44. The smallest absolute Gasteiger partial charge is 0.239 e. The third-order valence-corrected chi connectivity index (χ3v) is 10.8. The maximum atomic E-state index is 15.4. The molecule has 9 nitrogen and oxygen atoms in total. The zero-order valence-corrected chi connectivity index (χ0v) is 26.5. The van der Waals surface area contributed by atoms with Crippen LogP contribution in [0.3, 0.4) is 0 Å². The fraction of sp³-hybridized carbons (Fsp3) is 0.485. The van der Waals surface area contributed by atoms with Gasteiger partial charge < -0.3 is 15.1 Å². The van der Waals surface area contributed by atoms with Crippen LogP contribution in [0.15, 0.2) is 48.7 Å². The first-order valence-electron chi connectivity index (χ1n) is 15.7. The normalized spacial score (nSPS) is 21.5. The van der Waals surface area contributed by atoms with Gasteiger partial charge in [-0.05, 0) is 88.5 Å². The summed E-state index contributed by atoms with van der Waals surface area (Å²) in [6.07, 6.45) is 10.2. The van der Waals surface area contributed by atoms with E-state index in [-0.39, 0.29) is 24.2 Å². The molecule has 1 aliphatic heterocycles. The number of benzene rings is 2. The van der Waals surface area contributed by atoms with Crippen LogP contribution < -0.4 is 14.9 Å². The molecule has 2 fully saturated rings. The predicted molar refractivity (Wildman–Crippen MR) is 170 cm³/mol. The minimum atomic E-state index is -3.97. The van der Waals surface area contributed by atoms with Crippen LogP contribution in [0.1, 0.15) is 74.6 Å². The van der Waals surface area contributed by atoms with Crippen molar-refractivity contribution >= 4 is 33.3 Å². The number of nitrogens with zero attached hydrogens (tertiary/aromatic N) is 4. The van der Waals surface area contributed by atoms with Gasteiger partial charge in [-0.25, -0.2) is 27.2 Å². The number of carbonyl (C=O) groups is 1. The van der Waals surface area contributed by atoms with Gasteiger partial charge in [0.05, 0.1) is 29.1 Å². The number of hydrogen-bond donors (Lipinski definition) is 2. The van der Waals surface area contributed by atoms with Crippen LogP contribution in [0, 0.1) is 11.6 Å². The molecule has 1 spiro atoms. The van der Waals surface area contributed by atoms with Gasteiger partial charge in [-0.2, -0.15) is 0 Å². The molecule has 2 aliphatic carbocycles. The summed E-state index contributed by atoms with van der Waals surface area (Å²) in [4.78, 5) is 27.8. The van der Waals surface area contributed by atoms with E-state index in [0.29, 0.717) is 36.1 Å². The fourth-order valence-corrected chi connectivity index (χ4v) is 8.30. The van der Waals surface area contributed by atoms with E-state index in [4.69, 9.17) is 4.98 Å². The van der Waals surface area contributed by atoms with Crippen LogP contribution in [0.2, 0.25) is 0 Å². The third kappa shape index (κ3) is 6.67. The maximum Gasteiger partial charge on any atom is 0.239 e. The molecular weight excluding hydrogens is 598 g/mol. The van der Waals surface area contributed by atoms with E-state index in [1.807, 2.05) is 0 Å². The Morgan fingerprint density at radius 1 is 1.00 bits per heavy atom. The Morgan fingerprint density at radius 3 is 2.38 bits per heavy atom. The van der Waals surface area contributed by atoms with Crippen molar-refractivity contribution in [2.24, 2.45) is 0 Å². The summed E-state index contributed by atoms with van der Waals surface area (Å²) in [7, 11) is 0.271. The van der Waals surface area contributed by atoms with Crippen molar-refractivity contribution in [1.82, 2.24) is 14.9 Å². The zero-order chi connectivity index (χ0) is 31.8. The average molecular weight is 639 g/mol. The summed E-state index contributed by atoms with van der Waals surface area (Å²) in [5.74, 6) is -1.28. The molecule has 2 heterocycles. The van der Waals surface area contributed by atoms with Gasteiger partial charge in [0.2, 0.25) is 21.9 Å². The molecule has 0 unspecified atom stereocenters. The second kappa shape index (κ2) is 12.6. The number of hydrogen-bond acceptors (Lipinski definition) is 7. The van der Waals surface area contributed by atoms with Gasteiger partial charge in [0, 0.05) is 29.5 Å². The highest BCUT2D eigenvalue weighted by Gasteiger charge is 2.50. The highest BCUT2D eigenvalue weighted by atomic mass is 32.2. The Balaban J connectivity index is 1.22. The van der Waals surface area contributed by atoms with Crippen LogP contribution in [-0.4, -0.2) is 55.4 Å². The summed E-state index contributed by atoms with van der Waals surface area (Å²) in [6.45, 7) is 0.194. The SMILES string of the molecule is CN(C)C1CCC(Nc2ncc3c(n2)C2(CCCCC2)C(=O)N(c2ccc(NS(=O)(=O)Cc4ccc(F)cc4)c(F)c2)C3)CC1. The lowest BCUT2D eigenvalue weighted by Crippen LogP contribution is -2.53. The second-order valence-electron chi connectivity index (χ2n) is 12.9. The predicted octanol–water partition coefficient (Wildman–Crippen LogP) is 5.73. The fourth-order valence-electron chi connectivity index (χ4n) is 7.10. The molecule has 0 radical (unpaired) electrons. The Hall–Kier alpha value is -3.64. The Labute approximate surface area is 263 Å². The number of anilines is 3. The molecule has 45 heavy (non-hydrogen) atoms. The number of carbonyl (C=O) groups excluding carboxylic acids is 1. The molecule has 1 amide bonds.